The molecule has 21 heavy (non-hydrogen) atoms. The van der Waals surface area contributed by atoms with Crippen molar-refractivity contribution >= 4 is 23.0 Å². The van der Waals surface area contributed by atoms with Crippen molar-refractivity contribution in [2.75, 3.05) is 30.0 Å². The lowest BCUT2D eigenvalue weighted by molar-refractivity contribution is 0.102. The van der Waals surface area contributed by atoms with E-state index in [1.807, 2.05) is 19.0 Å². The molecule has 0 saturated carbocycles. The van der Waals surface area contributed by atoms with E-state index in [9.17, 15) is 9.18 Å². The summed E-state index contributed by atoms with van der Waals surface area (Å²) in [4.78, 5) is 14.0. The molecule has 0 heterocycles. The van der Waals surface area contributed by atoms with Crippen molar-refractivity contribution in [2.24, 2.45) is 0 Å². The standard InChI is InChI=1S/C16H18FN3O/c1-10-4-6-12(9-13(10)17)19-16(21)11-5-7-15(20(2)3)14(18)8-11/h4-9H,18H2,1-3H3,(H,19,21). The first-order chi connectivity index (χ1) is 9.88. The largest absolute Gasteiger partial charge is 0.397 e. The van der Waals surface area contributed by atoms with Gasteiger partial charge in [-0.15, -0.1) is 0 Å². The number of carbonyl (C=O) groups is 1. The summed E-state index contributed by atoms with van der Waals surface area (Å²) in [7, 11) is 3.75. The third kappa shape index (κ3) is 3.31. The number of nitrogens with zero attached hydrogens (tertiary/aromatic N) is 1. The Morgan fingerprint density at radius 1 is 1.19 bits per heavy atom. The van der Waals surface area contributed by atoms with Crippen LogP contribution >= 0.6 is 0 Å². The maximum Gasteiger partial charge on any atom is 0.255 e. The fourth-order valence-electron chi connectivity index (χ4n) is 1.98. The van der Waals surface area contributed by atoms with Crippen LogP contribution < -0.4 is 16.0 Å². The molecule has 0 spiro atoms. The van der Waals surface area contributed by atoms with Gasteiger partial charge in [0.2, 0.25) is 0 Å². The summed E-state index contributed by atoms with van der Waals surface area (Å²) in [6.45, 7) is 1.67. The Kier molecular flexibility index (Phi) is 4.12. The first kappa shape index (κ1) is 14.8. The normalized spacial score (nSPS) is 10.3. The smallest absolute Gasteiger partial charge is 0.255 e. The topological polar surface area (TPSA) is 58.4 Å². The van der Waals surface area contributed by atoms with Crippen molar-refractivity contribution in [2.45, 2.75) is 6.92 Å². The Hall–Kier alpha value is -2.56. The van der Waals surface area contributed by atoms with Crippen LogP contribution in [0, 0.1) is 12.7 Å². The Balaban J connectivity index is 2.20. The number of rotatable bonds is 3. The molecule has 1 amide bonds. The molecule has 2 aromatic carbocycles. The highest BCUT2D eigenvalue weighted by Crippen LogP contribution is 2.23. The van der Waals surface area contributed by atoms with Gasteiger partial charge in [-0.3, -0.25) is 4.79 Å². The number of benzene rings is 2. The zero-order valence-corrected chi connectivity index (χ0v) is 12.3. The minimum Gasteiger partial charge on any atom is -0.397 e. The number of nitrogens with two attached hydrogens (primary N) is 1. The quantitative estimate of drug-likeness (QED) is 0.853. The van der Waals surface area contributed by atoms with E-state index in [4.69, 9.17) is 5.73 Å². The minimum atomic E-state index is -0.352. The molecule has 0 atom stereocenters. The number of carbonyl (C=O) groups excluding carboxylic acids is 1. The van der Waals surface area contributed by atoms with E-state index in [0.717, 1.165) is 5.69 Å². The van der Waals surface area contributed by atoms with E-state index in [1.165, 1.54) is 6.07 Å². The summed E-state index contributed by atoms with van der Waals surface area (Å²) in [5, 5.41) is 2.65. The van der Waals surface area contributed by atoms with Crippen LogP contribution in [-0.4, -0.2) is 20.0 Å². The fourth-order valence-corrected chi connectivity index (χ4v) is 1.98. The van der Waals surface area contributed by atoms with Crippen LogP contribution in [0.2, 0.25) is 0 Å². The van der Waals surface area contributed by atoms with Crippen molar-refractivity contribution in [3.63, 3.8) is 0 Å². The van der Waals surface area contributed by atoms with Gasteiger partial charge < -0.3 is 16.0 Å². The van der Waals surface area contributed by atoms with Gasteiger partial charge in [0.1, 0.15) is 5.82 Å². The number of nitrogens with one attached hydrogen (secondary N) is 1. The molecular formula is C16H18FN3O. The van der Waals surface area contributed by atoms with Crippen LogP contribution in [0.15, 0.2) is 36.4 Å². The van der Waals surface area contributed by atoms with E-state index in [0.29, 0.717) is 22.5 Å². The third-order valence-electron chi connectivity index (χ3n) is 3.20. The van der Waals surface area contributed by atoms with Gasteiger partial charge in [-0.05, 0) is 42.8 Å². The first-order valence-electron chi connectivity index (χ1n) is 6.53. The lowest BCUT2D eigenvalue weighted by atomic mass is 10.1. The van der Waals surface area contributed by atoms with Crippen molar-refractivity contribution in [1.29, 1.82) is 0 Å². The maximum atomic E-state index is 13.5. The number of nitrogen functional groups attached to an aromatic ring is 1. The Labute approximate surface area is 123 Å². The highest BCUT2D eigenvalue weighted by molar-refractivity contribution is 6.05. The number of hydrogen-bond acceptors (Lipinski definition) is 3. The van der Waals surface area contributed by atoms with Gasteiger partial charge in [-0.2, -0.15) is 0 Å². The molecule has 0 saturated heterocycles. The average molecular weight is 287 g/mol. The van der Waals surface area contributed by atoms with E-state index < -0.39 is 0 Å². The maximum absolute atomic E-state index is 13.5. The lowest BCUT2D eigenvalue weighted by Crippen LogP contribution is -2.15. The highest BCUT2D eigenvalue weighted by atomic mass is 19.1. The molecule has 3 N–H and O–H groups in total. The van der Waals surface area contributed by atoms with Gasteiger partial charge in [-0.25, -0.2) is 4.39 Å². The van der Waals surface area contributed by atoms with E-state index in [1.54, 1.807) is 37.3 Å². The molecule has 0 aliphatic heterocycles. The summed E-state index contributed by atoms with van der Waals surface area (Å²) in [5.41, 5.74) is 8.65. The number of amides is 1. The van der Waals surface area contributed by atoms with Gasteiger partial charge in [-0.1, -0.05) is 6.07 Å². The van der Waals surface area contributed by atoms with Crippen LogP contribution in [0.1, 0.15) is 15.9 Å². The van der Waals surface area contributed by atoms with E-state index in [-0.39, 0.29) is 11.7 Å². The van der Waals surface area contributed by atoms with Crippen LogP contribution in [0.4, 0.5) is 21.5 Å². The molecule has 5 heteroatoms. The zero-order valence-electron chi connectivity index (χ0n) is 12.3. The van der Waals surface area contributed by atoms with E-state index in [2.05, 4.69) is 5.32 Å². The van der Waals surface area contributed by atoms with Gasteiger partial charge >= 0.3 is 0 Å². The molecule has 0 aliphatic rings. The number of hydrogen-bond donors (Lipinski definition) is 2. The molecule has 110 valence electrons. The molecule has 0 radical (unpaired) electrons. The van der Waals surface area contributed by atoms with Crippen molar-refractivity contribution in [1.82, 2.24) is 0 Å². The molecule has 2 rings (SSSR count). The first-order valence-corrected chi connectivity index (χ1v) is 6.53. The molecule has 4 nitrogen and oxygen atoms in total. The lowest BCUT2D eigenvalue weighted by Gasteiger charge is -2.16. The molecule has 0 fully saturated rings. The Bertz CT molecular complexity index is 683. The van der Waals surface area contributed by atoms with E-state index >= 15 is 0 Å². The molecule has 0 aromatic heterocycles. The minimum absolute atomic E-state index is 0.324. The van der Waals surface area contributed by atoms with Crippen LogP contribution in [0.5, 0.6) is 0 Å². The zero-order chi connectivity index (χ0) is 15.6. The van der Waals surface area contributed by atoms with Crippen molar-refractivity contribution in [3.8, 4) is 0 Å². The highest BCUT2D eigenvalue weighted by Gasteiger charge is 2.10. The Morgan fingerprint density at radius 2 is 1.90 bits per heavy atom. The van der Waals surface area contributed by atoms with Crippen molar-refractivity contribution in [3.05, 3.63) is 53.3 Å². The second kappa shape index (κ2) is 5.83. The van der Waals surface area contributed by atoms with Gasteiger partial charge in [0.05, 0.1) is 11.4 Å². The van der Waals surface area contributed by atoms with Crippen LogP contribution in [0.25, 0.3) is 0 Å². The monoisotopic (exact) mass is 287 g/mol. The predicted octanol–water partition coefficient (Wildman–Crippen LogP) is 3.03. The Morgan fingerprint density at radius 3 is 2.48 bits per heavy atom. The van der Waals surface area contributed by atoms with Crippen LogP contribution in [-0.2, 0) is 0 Å². The SMILES string of the molecule is Cc1ccc(NC(=O)c2ccc(N(C)C)c(N)c2)cc1F. The summed E-state index contributed by atoms with van der Waals surface area (Å²) in [6, 6.07) is 9.65. The van der Waals surface area contributed by atoms with Gasteiger partial charge in [0, 0.05) is 25.3 Å². The molecule has 0 bridgehead atoms. The molecule has 0 unspecified atom stereocenters. The second-order valence-electron chi connectivity index (χ2n) is 5.09. The number of aryl methyl sites for hydroxylation is 1. The third-order valence-corrected chi connectivity index (χ3v) is 3.20. The molecule has 0 aliphatic carbocycles. The average Bonchev–Trinajstić information content (AvgIpc) is 2.42. The van der Waals surface area contributed by atoms with Crippen molar-refractivity contribution < 1.29 is 9.18 Å². The fraction of sp³-hybridized carbons (Fsp3) is 0.188. The summed E-state index contributed by atoms with van der Waals surface area (Å²) >= 11 is 0. The van der Waals surface area contributed by atoms with Gasteiger partial charge in [0.25, 0.3) is 5.91 Å². The van der Waals surface area contributed by atoms with Crippen LogP contribution in [0.3, 0.4) is 0 Å². The predicted molar refractivity (Wildman–Crippen MR) is 84.3 cm³/mol. The summed E-state index contributed by atoms with van der Waals surface area (Å²) in [5.74, 6) is -0.675. The molecule has 2 aromatic rings. The molecular weight excluding hydrogens is 269 g/mol. The number of halogens is 1. The summed E-state index contributed by atoms with van der Waals surface area (Å²) in [6.07, 6.45) is 0. The second-order valence-corrected chi connectivity index (χ2v) is 5.09. The number of anilines is 3. The van der Waals surface area contributed by atoms with Gasteiger partial charge in [0.15, 0.2) is 0 Å². The summed E-state index contributed by atoms with van der Waals surface area (Å²) < 4.78 is 13.5.